The van der Waals surface area contributed by atoms with Crippen LogP contribution in [-0.2, 0) is 11.3 Å². The Hall–Kier alpha value is -1.03. The molecule has 0 radical (unpaired) electrons. The summed E-state index contributed by atoms with van der Waals surface area (Å²) < 4.78 is 6.09. The molecule has 3 nitrogen and oxygen atoms in total. The number of carbonyl (C=O) groups excluding carboxylic acids is 1. The maximum absolute atomic E-state index is 11.9. The van der Waals surface area contributed by atoms with E-state index in [-0.39, 0.29) is 11.8 Å². The fourth-order valence-corrected chi connectivity index (χ4v) is 2.93. The topological polar surface area (TPSA) is 38.3 Å². The van der Waals surface area contributed by atoms with Gasteiger partial charge in [0, 0.05) is 12.5 Å². The smallest absolute Gasteiger partial charge is 0.223 e. The fourth-order valence-electron chi connectivity index (χ4n) is 2.34. The number of nitrogens with one attached hydrogen (secondary N) is 1. The number of hydrogen-bond donors (Lipinski definition) is 1. The summed E-state index contributed by atoms with van der Waals surface area (Å²) in [5.74, 6) is 1.23. The zero-order valence-electron chi connectivity index (χ0n) is 10.5. The minimum absolute atomic E-state index is 0.194. The van der Waals surface area contributed by atoms with Crippen molar-refractivity contribution in [2.75, 3.05) is 7.11 Å². The first-order chi connectivity index (χ1) is 8.70. The molecule has 1 fully saturated rings. The van der Waals surface area contributed by atoms with Crippen LogP contribution in [0.3, 0.4) is 0 Å². The number of ether oxygens (including phenoxy) is 1. The Morgan fingerprint density at radius 2 is 2.17 bits per heavy atom. The third-order valence-corrected chi connectivity index (χ3v) is 4.03. The molecule has 0 heterocycles. The molecule has 0 spiro atoms. The molecule has 1 aliphatic carbocycles. The van der Waals surface area contributed by atoms with Crippen molar-refractivity contribution >= 4 is 21.8 Å². The van der Waals surface area contributed by atoms with E-state index < -0.39 is 0 Å². The molecular weight excluding hydrogens is 294 g/mol. The third kappa shape index (κ3) is 3.25. The number of hydrogen-bond acceptors (Lipinski definition) is 2. The first-order valence-corrected chi connectivity index (χ1v) is 7.10. The predicted octanol–water partition coefficient (Wildman–Crippen LogP) is 3.26. The molecule has 1 amide bonds. The lowest BCUT2D eigenvalue weighted by atomic mass is 10.1. The maximum Gasteiger partial charge on any atom is 0.223 e. The van der Waals surface area contributed by atoms with Crippen LogP contribution in [0, 0.1) is 5.92 Å². The molecule has 0 aromatic heterocycles. The molecule has 0 aliphatic heterocycles. The molecule has 1 N–H and O–H groups in total. The normalized spacial score (nSPS) is 15.7. The number of rotatable bonds is 4. The molecule has 0 saturated heterocycles. The van der Waals surface area contributed by atoms with E-state index in [1.165, 1.54) is 12.8 Å². The lowest BCUT2D eigenvalue weighted by molar-refractivity contribution is -0.124. The minimum Gasteiger partial charge on any atom is -0.496 e. The lowest BCUT2D eigenvalue weighted by Crippen LogP contribution is -2.28. The van der Waals surface area contributed by atoms with Gasteiger partial charge in [0.15, 0.2) is 0 Å². The van der Waals surface area contributed by atoms with E-state index in [2.05, 4.69) is 21.2 Å². The SMILES string of the molecule is COc1ccc(CNC(=O)C2CCCC2)cc1Br. The third-order valence-electron chi connectivity index (χ3n) is 3.41. The van der Waals surface area contributed by atoms with Gasteiger partial charge in [0.05, 0.1) is 11.6 Å². The van der Waals surface area contributed by atoms with Gasteiger partial charge in [-0.3, -0.25) is 4.79 Å². The molecule has 0 atom stereocenters. The highest BCUT2D eigenvalue weighted by Crippen LogP contribution is 2.26. The van der Waals surface area contributed by atoms with E-state index in [0.29, 0.717) is 6.54 Å². The largest absolute Gasteiger partial charge is 0.496 e. The number of methoxy groups -OCH3 is 1. The molecule has 0 bridgehead atoms. The van der Waals surface area contributed by atoms with Crippen molar-refractivity contribution in [3.05, 3.63) is 28.2 Å². The standard InChI is InChI=1S/C14H18BrNO2/c1-18-13-7-6-10(8-12(13)15)9-16-14(17)11-4-2-3-5-11/h6-8,11H,2-5,9H2,1H3,(H,16,17). The second kappa shape index (κ2) is 6.23. The first kappa shape index (κ1) is 13.4. The van der Waals surface area contributed by atoms with Crippen LogP contribution in [0.5, 0.6) is 5.75 Å². The van der Waals surface area contributed by atoms with Crippen LogP contribution in [0.25, 0.3) is 0 Å². The Labute approximate surface area is 116 Å². The van der Waals surface area contributed by atoms with Gasteiger partial charge in [-0.05, 0) is 46.5 Å². The van der Waals surface area contributed by atoms with E-state index in [1.807, 2.05) is 18.2 Å². The van der Waals surface area contributed by atoms with E-state index in [1.54, 1.807) is 7.11 Å². The van der Waals surface area contributed by atoms with Crippen LogP contribution < -0.4 is 10.1 Å². The Morgan fingerprint density at radius 1 is 1.44 bits per heavy atom. The van der Waals surface area contributed by atoms with Gasteiger partial charge in [-0.1, -0.05) is 18.9 Å². The summed E-state index contributed by atoms with van der Waals surface area (Å²) in [7, 11) is 1.64. The summed E-state index contributed by atoms with van der Waals surface area (Å²) in [6, 6.07) is 5.85. The molecule has 1 saturated carbocycles. The number of halogens is 1. The Kier molecular flexibility index (Phi) is 4.64. The lowest BCUT2D eigenvalue weighted by Gasteiger charge is -2.11. The highest BCUT2D eigenvalue weighted by atomic mass is 79.9. The maximum atomic E-state index is 11.9. The minimum atomic E-state index is 0.194. The monoisotopic (exact) mass is 311 g/mol. The van der Waals surface area contributed by atoms with Crippen LogP contribution in [-0.4, -0.2) is 13.0 Å². The Morgan fingerprint density at radius 3 is 2.78 bits per heavy atom. The van der Waals surface area contributed by atoms with Gasteiger partial charge < -0.3 is 10.1 Å². The van der Waals surface area contributed by atoms with Crippen LogP contribution in [0.2, 0.25) is 0 Å². The molecule has 0 unspecified atom stereocenters. The van der Waals surface area contributed by atoms with Gasteiger partial charge in [0.1, 0.15) is 5.75 Å². The van der Waals surface area contributed by atoms with Gasteiger partial charge >= 0.3 is 0 Å². The summed E-state index contributed by atoms with van der Waals surface area (Å²) in [6.07, 6.45) is 4.45. The van der Waals surface area contributed by atoms with Crippen molar-refractivity contribution in [1.82, 2.24) is 5.32 Å². The first-order valence-electron chi connectivity index (χ1n) is 6.31. The van der Waals surface area contributed by atoms with E-state index >= 15 is 0 Å². The molecule has 1 aromatic carbocycles. The molecule has 1 aliphatic rings. The highest BCUT2D eigenvalue weighted by Gasteiger charge is 2.22. The van der Waals surface area contributed by atoms with Gasteiger partial charge in [0.25, 0.3) is 0 Å². The summed E-state index contributed by atoms with van der Waals surface area (Å²) >= 11 is 3.44. The average Bonchev–Trinajstić information content (AvgIpc) is 2.90. The quantitative estimate of drug-likeness (QED) is 0.927. The highest BCUT2D eigenvalue weighted by molar-refractivity contribution is 9.10. The molecule has 4 heteroatoms. The summed E-state index contributed by atoms with van der Waals surface area (Å²) in [5, 5.41) is 3.00. The van der Waals surface area contributed by atoms with Crippen molar-refractivity contribution in [2.45, 2.75) is 32.2 Å². The summed E-state index contributed by atoms with van der Waals surface area (Å²) in [5.41, 5.74) is 1.08. The summed E-state index contributed by atoms with van der Waals surface area (Å²) in [6.45, 7) is 0.581. The van der Waals surface area contributed by atoms with Gasteiger partial charge in [-0.2, -0.15) is 0 Å². The van der Waals surface area contributed by atoms with E-state index in [0.717, 1.165) is 28.6 Å². The van der Waals surface area contributed by atoms with Crippen molar-refractivity contribution in [1.29, 1.82) is 0 Å². The zero-order chi connectivity index (χ0) is 13.0. The van der Waals surface area contributed by atoms with Crippen LogP contribution >= 0.6 is 15.9 Å². The molecule has 18 heavy (non-hydrogen) atoms. The predicted molar refractivity (Wildman–Crippen MR) is 74.5 cm³/mol. The fraction of sp³-hybridized carbons (Fsp3) is 0.500. The van der Waals surface area contributed by atoms with Crippen molar-refractivity contribution in [2.24, 2.45) is 5.92 Å². The van der Waals surface area contributed by atoms with E-state index in [9.17, 15) is 4.79 Å². The second-order valence-corrected chi connectivity index (χ2v) is 5.52. The second-order valence-electron chi connectivity index (χ2n) is 4.67. The van der Waals surface area contributed by atoms with Crippen molar-refractivity contribution < 1.29 is 9.53 Å². The molecule has 98 valence electrons. The molecular formula is C14H18BrNO2. The van der Waals surface area contributed by atoms with Gasteiger partial charge in [0.2, 0.25) is 5.91 Å². The van der Waals surface area contributed by atoms with Gasteiger partial charge in [-0.15, -0.1) is 0 Å². The zero-order valence-corrected chi connectivity index (χ0v) is 12.1. The van der Waals surface area contributed by atoms with Gasteiger partial charge in [-0.25, -0.2) is 0 Å². The van der Waals surface area contributed by atoms with Crippen LogP contribution in [0.4, 0.5) is 0 Å². The average molecular weight is 312 g/mol. The van der Waals surface area contributed by atoms with Crippen LogP contribution in [0.1, 0.15) is 31.2 Å². The van der Waals surface area contributed by atoms with Crippen molar-refractivity contribution in [3.8, 4) is 5.75 Å². The molecule has 2 rings (SSSR count). The Balaban J connectivity index is 1.89. The van der Waals surface area contributed by atoms with Crippen molar-refractivity contribution in [3.63, 3.8) is 0 Å². The number of amides is 1. The number of carbonyl (C=O) groups is 1. The van der Waals surface area contributed by atoms with E-state index in [4.69, 9.17) is 4.74 Å². The number of benzene rings is 1. The van der Waals surface area contributed by atoms with Crippen LogP contribution in [0.15, 0.2) is 22.7 Å². The Bertz CT molecular complexity index is 428. The molecule has 1 aromatic rings. The summed E-state index contributed by atoms with van der Waals surface area (Å²) in [4.78, 5) is 11.9.